The summed E-state index contributed by atoms with van der Waals surface area (Å²) in [6.45, 7) is 1.27. The van der Waals surface area contributed by atoms with Crippen LogP contribution in [0.25, 0.3) is 10.4 Å². The number of aliphatic carboxylic acids is 1. The predicted molar refractivity (Wildman–Crippen MR) is 63.6 cm³/mol. The Morgan fingerprint density at radius 2 is 2.00 bits per heavy atom. The second-order valence-electron chi connectivity index (χ2n) is 3.58. The van der Waals surface area contributed by atoms with Crippen LogP contribution in [-0.4, -0.2) is 23.0 Å². The van der Waals surface area contributed by atoms with Gasteiger partial charge in [-0.1, -0.05) is 35.4 Å². The minimum atomic E-state index is -1.39. The van der Waals surface area contributed by atoms with Crippen molar-refractivity contribution < 1.29 is 14.7 Å². The molecule has 0 spiro atoms. The van der Waals surface area contributed by atoms with Gasteiger partial charge in [0.1, 0.15) is 0 Å². The summed E-state index contributed by atoms with van der Waals surface area (Å²) in [5, 5.41) is 14.7. The van der Waals surface area contributed by atoms with Crippen LogP contribution in [-0.2, 0) is 9.59 Å². The minimum absolute atomic E-state index is 0.400. The van der Waals surface area contributed by atoms with Gasteiger partial charge in [0.25, 0.3) is 0 Å². The van der Waals surface area contributed by atoms with Crippen molar-refractivity contribution >= 4 is 11.9 Å². The average molecular weight is 248 g/mol. The number of rotatable bonds is 5. The van der Waals surface area contributed by atoms with Crippen LogP contribution in [0.15, 0.2) is 35.4 Å². The number of carbonyl (C=O) groups is 2. The molecule has 1 rings (SSSR count). The van der Waals surface area contributed by atoms with Crippen LogP contribution in [0.4, 0.5) is 0 Å². The fraction of sp³-hybridized carbons (Fsp3) is 0.273. The van der Waals surface area contributed by atoms with E-state index in [9.17, 15) is 9.59 Å². The highest BCUT2D eigenvalue weighted by Crippen LogP contribution is 2.19. The van der Waals surface area contributed by atoms with Crippen LogP contribution < -0.4 is 5.32 Å². The summed E-state index contributed by atoms with van der Waals surface area (Å²) < 4.78 is 0. The fourth-order valence-corrected chi connectivity index (χ4v) is 1.54. The highest BCUT2D eigenvalue weighted by atomic mass is 16.4. The smallest absolute Gasteiger partial charge is 0.314 e. The molecule has 2 N–H and O–H groups in total. The zero-order valence-electron chi connectivity index (χ0n) is 9.65. The van der Waals surface area contributed by atoms with Gasteiger partial charge in [0.15, 0.2) is 6.04 Å². The molecule has 2 atom stereocenters. The first-order chi connectivity index (χ1) is 8.56. The molecule has 0 aliphatic heterocycles. The molecule has 0 aliphatic rings. The molecule has 7 heteroatoms. The van der Waals surface area contributed by atoms with E-state index < -0.39 is 24.0 Å². The van der Waals surface area contributed by atoms with E-state index in [0.29, 0.717) is 5.56 Å². The highest BCUT2D eigenvalue weighted by molar-refractivity contribution is 5.78. The molecular formula is C11H12N4O3. The van der Waals surface area contributed by atoms with Gasteiger partial charge in [0.2, 0.25) is 5.91 Å². The van der Waals surface area contributed by atoms with Gasteiger partial charge in [0, 0.05) is 11.8 Å². The standard InChI is InChI=1S/C11H12N4O3/c1-7(16)13-9(8-5-3-2-4-6-8)10(11(17)18)14-15-12/h2-6,9-10H,1H3,(H,13,16)(H,17,18)/t9-,10-/m0/s1. The number of amides is 1. The number of nitrogens with one attached hydrogen (secondary N) is 1. The summed E-state index contributed by atoms with van der Waals surface area (Å²) in [6, 6.07) is 6.21. The third-order valence-corrected chi connectivity index (χ3v) is 2.26. The van der Waals surface area contributed by atoms with Crippen LogP contribution in [0.1, 0.15) is 18.5 Å². The lowest BCUT2D eigenvalue weighted by Gasteiger charge is -2.21. The third kappa shape index (κ3) is 3.50. The maximum atomic E-state index is 11.1. The van der Waals surface area contributed by atoms with Crippen molar-refractivity contribution in [2.24, 2.45) is 5.11 Å². The Hall–Kier alpha value is -2.53. The molecule has 94 valence electrons. The number of nitrogens with zero attached hydrogens (tertiary/aromatic N) is 3. The van der Waals surface area contributed by atoms with Gasteiger partial charge in [-0.25, -0.2) is 0 Å². The van der Waals surface area contributed by atoms with Crippen molar-refractivity contribution in [3.63, 3.8) is 0 Å². The first kappa shape index (κ1) is 13.5. The van der Waals surface area contributed by atoms with E-state index in [1.165, 1.54) is 6.92 Å². The molecule has 1 amide bonds. The lowest BCUT2D eigenvalue weighted by atomic mass is 10.00. The Labute approximate surface area is 103 Å². The first-order valence-corrected chi connectivity index (χ1v) is 5.15. The van der Waals surface area contributed by atoms with E-state index in [0.717, 1.165) is 0 Å². The van der Waals surface area contributed by atoms with E-state index in [2.05, 4.69) is 15.3 Å². The molecule has 1 aromatic carbocycles. The molecule has 0 unspecified atom stereocenters. The molecular weight excluding hydrogens is 236 g/mol. The number of hydrogen-bond acceptors (Lipinski definition) is 3. The van der Waals surface area contributed by atoms with E-state index in [1.54, 1.807) is 30.3 Å². The number of hydrogen-bond donors (Lipinski definition) is 2. The molecule has 18 heavy (non-hydrogen) atoms. The predicted octanol–water partition coefficient (Wildman–Crippen LogP) is 1.63. The maximum absolute atomic E-state index is 11.1. The number of carboxylic acid groups (broad SMARTS) is 1. The van der Waals surface area contributed by atoms with Crippen molar-refractivity contribution in [2.45, 2.75) is 19.0 Å². The van der Waals surface area contributed by atoms with Gasteiger partial charge in [-0.05, 0) is 11.1 Å². The van der Waals surface area contributed by atoms with Crippen LogP contribution in [0, 0.1) is 0 Å². The topological polar surface area (TPSA) is 115 Å². The van der Waals surface area contributed by atoms with E-state index >= 15 is 0 Å². The highest BCUT2D eigenvalue weighted by Gasteiger charge is 2.29. The van der Waals surface area contributed by atoms with Gasteiger partial charge in [0.05, 0.1) is 6.04 Å². The van der Waals surface area contributed by atoms with E-state index in [-0.39, 0.29) is 0 Å². The molecule has 0 fully saturated rings. The Morgan fingerprint density at radius 3 is 2.44 bits per heavy atom. The van der Waals surface area contributed by atoms with Crippen molar-refractivity contribution in [1.82, 2.24) is 5.32 Å². The molecule has 0 radical (unpaired) electrons. The van der Waals surface area contributed by atoms with Gasteiger partial charge < -0.3 is 10.4 Å². The maximum Gasteiger partial charge on any atom is 0.314 e. The number of carboxylic acids is 1. The molecule has 0 bridgehead atoms. The van der Waals surface area contributed by atoms with E-state index in [4.69, 9.17) is 10.6 Å². The van der Waals surface area contributed by atoms with Crippen LogP contribution in [0.3, 0.4) is 0 Å². The van der Waals surface area contributed by atoms with Crippen LogP contribution in [0.2, 0.25) is 0 Å². The molecule has 0 saturated carbocycles. The Morgan fingerprint density at radius 1 is 1.39 bits per heavy atom. The number of benzene rings is 1. The average Bonchev–Trinajstić information content (AvgIpc) is 2.34. The summed E-state index contributed by atoms with van der Waals surface area (Å²) in [7, 11) is 0. The molecule has 0 aromatic heterocycles. The lowest BCUT2D eigenvalue weighted by molar-refractivity contribution is -0.139. The monoisotopic (exact) mass is 248 g/mol. The van der Waals surface area contributed by atoms with Gasteiger partial charge in [-0.2, -0.15) is 0 Å². The SMILES string of the molecule is CC(=O)N[C@@H](c1ccccc1)[C@H](N=[N+]=[N-])C(=O)O. The number of carbonyl (C=O) groups excluding carboxylic acids is 1. The summed E-state index contributed by atoms with van der Waals surface area (Å²) in [4.78, 5) is 24.7. The summed E-state index contributed by atoms with van der Waals surface area (Å²) in [5.41, 5.74) is 8.96. The van der Waals surface area contributed by atoms with E-state index in [1.807, 2.05) is 0 Å². The van der Waals surface area contributed by atoms with Crippen molar-refractivity contribution in [3.05, 3.63) is 46.3 Å². The van der Waals surface area contributed by atoms with Crippen molar-refractivity contribution in [2.75, 3.05) is 0 Å². The summed E-state index contributed by atoms with van der Waals surface area (Å²) >= 11 is 0. The first-order valence-electron chi connectivity index (χ1n) is 5.15. The zero-order chi connectivity index (χ0) is 13.5. The van der Waals surface area contributed by atoms with Crippen molar-refractivity contribution in [1.29, 1.82) is 0 Å². The Bertz CT molecular complexity index is 480. The Balaban J connectivity index is 3.15. The largest absolute Gasteiger partial charge is 0.481 e. The molecule has 0 saturated heterocycles. The van der Waals surface area contributed by atoms with Crippen LogP contribution >= 0.6 is 0 Å². The van der Waals surface area contributed by atoms with Crippen molar-refractivity contribution in [3.8, 4) is 0 Å². The lowest BCUT2D eigenvalue weighted by Crippen LogP contribution is -2.38. The molecule has 1 aromatic rings. The van der Waals surface area contributed by atoms with Crippen LogP contribution in [0.5, 0.6) is 0 Å². The Kier molecular flexibility index (Phi) is 4.71. The third-order valence-electron chi connectivity index (χ3n) is 2.26. The zero-order valence-corrected chi connectivity index (χ0v) is 9.65. The minimum Gasteiger partial charge on any atom is -0.481 e. The molecule has 0 aliphatic carbocycles. The number of azide groups is 1. The fourth-order valence-electron chi connectivity index (χ4n) is 1.54. The van der Waals surface area contributed by atoms with Gasteiger partial charge >= 0.3 is 5.97 Å². The second-order valence-corrected chi connectivity index (χ2v) is 3.58. The summed E-state index contributed by atoms with van der Waals surface area (Å²) in [6.07, 6.45) is 0. The quantitative estimate of drug-likeness (QED) is 0.468. The van der Waals surface area contributed by atoms with Gasteiger partial charge in [-0.3, -0.25) is 9.59 Å². The molecule has 0 heterocycles. The normalized spacial score (nSPS) is 12.9. The summed E-state index contributed by atoms with van der Waals surface area (Å²) in [5.74, 6) is -1.70. The van der Waals surface area contributed by atoms with Gasteiger partial charge in [-0.15, -0.1) is 0 Å². The second kappa shape index (κ2) is 6.27. The molecule has 7 nitrogen and oxygen atoms in total.